The van der Waals surface area contributed by atoms with Gasteiger partial charge in [0.05, 0.1) is 5.69 Å². The molecule has 0 saturated carbocycles. The van der Waals surface area contributed by atoms with E-state index in [0.717, 1.165) is 43.3 Å². The van der Waals surface area contributed by atoms with Crippen molar-refractivity contribution in [1.29, 1.82) is 0 Å². The number of nitrogens with zero attached hydrogens (tertiary/aromatic N) is 5. The van der Waals surface area contributed by atoms with Gasteiger partial charge in [0.15, 0.2) is 0 Å². The molecule has 8 heteroatoms. The first-order chi connectivity index (χ1) is 13.8. The second-order valence-corrected chi connectivity index (χ2v) is 7.58. The number of hydrogen-bond donors (Lipinski definition) is 1. The van der Waals surface area contributed by atoms with Crippen LogP contribution in [0.25, 0.3) is 21.3 Å². The molecular weight excluding hydrogens is 372 g/mol. The summed E-state index contributed by atoms with van der Waals surface area (Å²) in [7, 11) is 0. The summed E-state index contributed by atoms with van der Waals surface area (Å²) in [4.78, 5) is 32.7. The second-order valence-electron chi connectivity index (χ2n) is 6.63. The summed E-state index contributed by atoms with van der Waals surface area (Å²) >= 11 is 1.73. The lowest BCUT2D eigenvalue weighted by Crippen LogP contribution is -2.47. The molecule has 1 fully saturated rings. The van der Waals surface area contributed by atoms with Gasteiger partial charge >= 0.3 is 0 Å². The Bertz CT molecular complexity index is 1160. The Morgan fingerprint density at radius 2 is 1.75 bits per heavy atom. The normalized spacial score (nSPS) is 14.6. The van der Waals surface area contributed by atoms with Gasteiger partial charge in [-0.2, -0.15) is 4.98 Å². The first-order valence-electron chi connectivity index (χ1n) is 9.12. The number of piperazine rings is 1. The number of fused-ring (bicyclic) bond motifs is 1. The molecule has 1 saturated heterocycles. The number of anilines is 2. The summed E-state index contributed by atoms with van der Waals surface area (Å²) in [6, 6.07) is 9.46. The zero-order valence-electron chi connectivity index (χ0n) is 15.1. The third-order valence-corrected chi connectivity index (χ3v) is 5.84. The Morgan fingerprint density at radius 3 is 2.57 bits per heavy atom. The molecule has 1 aliphatic heterocycles. The van der Waals surface area contributed by atoms with Crippen molar-refractivity contribution >= 4 is 33.2 Å². The molecule has 0 radical (unpaired) electrons. The van der Waals surface area contributed by atoms with E-state index in [2.05, 4.69) is 47.2 Å². The lowest BCUT2D eigenvalue weighted by molar-refractivity contribution is 0.635. The van der Waals surface area contributed by atoms with Gasteiger partial charge in [-0.1, -0.05) is 0 Å². The highest BCUT2D eigenvalue weighted by Gasteiger charge is 2.21. The molecule has 0 aliphatic carbocycles. The number of rotatable bonds is 3. The number of H-pyrrole nitrogens is 1. The molecule has 140 valence electrons. The van der Waals surface area contributed by atoms with Gasteiger partial charge in [-0.05, 0) is 29.6 Å². The molecular formula is C20H18N6OS. The Labute approximate surface area is 165 Å². The SMILES string of the molecule is O=c1cc(-c2ccncc2)[nH]c(N2CCN(c3nccc4sccc34)CC2)n1. The average molecular weight is 390 g/mol. The van der Waals surface area contributed by atoms with Crippen molar-refractivity contribution < 1.29 is 0 Å². The summed E-state index contributed by atoms with van der Waals surface area (Å²) in [5.41, 5.74) is 1.43. The van der Waals surface area contributed by atoms with Crippen LogP contribution >= 0.6 is 11.3 Å². The number of aromatic amines is 1. The lowest BCUT2D eigenvalue weighted by atomic mass is 10.2. The van der Waals surface area contributed by atoms with Crippen molar-refractivity contribution in [2.24, 2.45) is 0 Å². The van der Waals surface area contributed by atoms with Crippen molar-refractivity contribution in [2.45, 2.75) is 0 Å². The largest absolute Gasteiger partial charge is 0.353 e. The first-order valence-corrected chi connectivity index (χ1v) is 10.00. The summed E-state index contributed by atoms with van der Waals surface area (Å²) in [6.45, 7) is 3.19. The average Bonchev–Trinajstić information content (AvgIpc) is 3.23. The second kappa shape index (κ2) is 7.05. The predicted molar refractivity (Wildman–Crippen MR) is 112 cm³/mol. The fraction of sp³-hybridized carbons (Fsp3) is 0.200. The van der Waals surface area contributed by atoms with E-state index in [1.165, 1.54) is 16.2 Å². The van der Waals surface area contributed by atoms with Crippen LogP contribution in [0.3, 0.4) is 0 Å². The van der Waals surface area contributed by atoms with Crippen molar-refractivity contribution in [3.63, 3.8) is 0 Å². The molecule has 0 aromatic carbocycles. The van der Waals surface area contributed by atoms with E-state index in [1.54, 1.807) is 23.7 Å². The van der Waals surface area contributed by atoms with Gasteiger partial charge in [0.1, 0.15) is 5.82 Å². The van der Waals surface area contributed by atoms with Gasteiger partial charge in [0.25, 0.3) is 5.56 Å². The molecule has 1 N–H and O–H groups in total. The van der Waals surface area contributed by atoms with Gasteiger partial charge in [-0.3, -0.25) is 9.78 Å². The maximum absolute atomic E-state index is 12.1. The molecule has 28 heavy (non-hydrogen) atoms. The third kappa shape index (κ3) is 3.11. The number of hydrogen-bond acceptors (Lipinski definition) is 7. The van der Waals surface area contributed by atoms with E-state index in [-0.39, 0.29) is 5.56 Å². The fourth-order valence-electron chi connectivity index (χ4n) is 3.54. The number of thiophene rings is 1. The molecule has 0 bridgehead atoms. The minimum Gasteiger partial charge on any atom is -0.353 e. The van der Waals surface area contributed by atoms with Crippen LogP contribution in [-0.4, -0.2) is 46.1 Å². The summed E-state index contributed by atoms with van der Waals surface area (Å²) in [5, 5.41) is 3.30. The fourth-order valence-corrected chi connectivity index (χ4v) is 4.32. The highest BCUT2D eigenvalue weighted by molar-refractivity contribution is 7.17. The molecule has 7 nitrogen and oxygen atoms in total. The summed E-state index contributed by atoms with van der Waals surface area (Å²) in [5.74, 6) is 1.64. The predicted octanol–water partition coefficient (Wildman–Crippen LogP) is 2.77. The van der Waals surface area contributed by atoms with Gasteiger partial charge in [0.2, 0.25) is 5.95 Å². The van der Waals surface area contributed by atoms with Crippen molar-refractivity contribution in [2.75, 3.05) is 36.0 Å². The van der Waals surface area contributed by atoms with Crippen LogP contribution in [0.1, 0.15) is 0 Å². The molecule has 0 amide bonds. The van der Waals surface area contributed by atoms with Crippen LogP contribution in [0.5, 0.6) is 0 Å². The van der Waals surface area contributed by atoms with Gasteiger partial charge in [-0.25, -0.2) is 4.98 Å². The molecule has 0 atom stereocenters. The molecule has 1 aliphatic rings. The molecule has 0 unspecified atom stereocenters. The molecule has 4 aromatic rings. The van der Waals surface area contributed by atoms with Gasteiger partial charge < -0.3 is 14.8 Å². The highest BCUT2D eigenvalue weighted by atomic mass is 32.1. The zero-order valence-corrected chi connectivity index (χ0v) is 15.9. The van der Waals surface area contributed by atoms with Crippen molar-refractivity contribution in [3.8, 4) is 11.3 Å². The van der Waals surface area contributed by atoms with Crippen LogP contribution in [0, 0.1) is 0 Å². The van der Waals surface area contributed by atoms with Gasteiger partial charge in [-0.15, -0.1) is 11.3 Å². The third-order valence-electron chi connectivity index (χ3n) is 4.96. The molecule has 0 spiro atoms. The molecule has 5 heterocycles. The summed E-state index contributed by atoms with van der Waals surface area (Å²) in [6.07, 6.45) is 5.30. The molecule has 4 aromatic heterocycles. The number of aromatic nitrogens is 4. The molecule has 5 rings (SSSR count). The van der Waals surface area contributed by atoms with Gasteiger partial charge in [0, 0.05) is 66.5 Å². The zero-order chi connectivity index (χ0) is 18.9. The monoisotopic (exact) mass is 390 g/mol. The Morgan fingerprint density at radius 1 is 0.964 bits per heavy atom. The van der Waals surface area contributed by atoms with Crippen LogP contribution in [0.2, 0.25) is 0 Å². The Balaban J connectivity index is 1.38. The quantitative estimate of drug-likeness (QED) is 0.580. The number of nitrogens with one attached hydrogen (secondary N) is 1. The Hall–Kier alpha value is -3.26. The summed E-state index contributed by atoms with van der Waals surface area (Å²) < 4.78 is 1.25. The van der Waals surface area contributed by atoms with E-state index >= 15 is 0 Å². The van der Waals surface area contributed by atoms with Crippen LogP contribution in [0.4, 0.5) is 11.8 Å². The maximum Gasteiger partial charge on any atom is 0.275 e. The minimum absolute atomic E-state index is 0.243. The first kappa shape index (κ1) is 16.9. The van der Waals surface area contributed by atoms with Crippen molar-refractivity contribution in [1.82, 2.24) is 19.9 Å². The number of pyridine rings is 2. The topological polar surface area (TPSA) is 78.0 Å². The van der Waals surface area contributed by atoms with E-state index in [4.69, 9.17) is 0 Å². The van der Waals surface area contributed by atoms with Crippen LogP contribution in [-0.2, 0) is 0 Å². The van der Waals surface area contributed by atoms with E-state index < -0.39 is 0 Å². The van der Waals surface area contributed by atoms with Crippen LogP contribution < -0.4 is 15.4 Å². The van der Waals surface area contributed by atoms with Crippen molar-refractivity contribution in [3.05, 3.63) is 64.7 Å². The van der Waals surface area contributed by atoms with E-state index in [1.807, 2.05) is 18.3 Å². The highest BCUT2D eigenvalue weighted by Crippen LogP contribution is 2.29. The van der Waals surface area contributed by atoms with E-state index in [0.29, 0.717) is 5.95 Å². The standard InChI is InChI=1S/C20H18N6OS/c27-18-13-16(14-1-5-21-6-2-14)23-20(24-18)26-10-8-25(9-11-26)19-15-4-12-28-17(15)3-7-22-19/h1-7,12-13H,8-11H2,(H,23,24,27). The maximum atomic E-state index is 12.1. The van der Waals surface area contributed by atoms with Crippen LogP contribution in [0.15, 0.2) is 59.1 Å². The lowest BCUT2D eigenvalue weighted by Gasteiger charge is -2.36. The van der Waals surface area contributed by atoms with E-state index in [9.17, 15) is 4.79 Å². The minimum atomic E-state index is -0.243. The Kier molecular flexibility index (Phi) is 4.25. The smallest absolute Gasteiger partial charge is 0.275 e.